The molecule has 148 valence electrons. The Morgan fingerprint density at radius 1 is 1.14 bits per heavy atom. The summed E-state index contributed by atoms with van der Waals surface area (Å²) in [6.07, 6.45) is 2.27. The Hall–Kier alpha value is -2.82. The molecular weight excluding hydrogens is 384 g/mol. The van der Waals surface area contributed by atoms with E-state index in [0.717, 1.165) is 12.8 Å². The van der Waals surface area contributed by atoms with E-state index in [1.165, 1.54) is 4.80 Å². The van der Waals surface area contributed by atoms with Crippen LogP contribution in [0.15, 0.2) is 24.3 Å². The van der Waals surface area contributed by atoms with Gasteiger partial charge in [0, 0.05) is 23.2 Å². The summed E-state index contributed by atoms with van der Waals surface area (Å²) in [6.45, 7) is -0.0978. The maximum absolute atomic E-state index is 12.8. The molecule has 2 N–H and O–H groups in total. The van der Waals surface area contributed by atoms with Gasteiger partial charge in [0.2, 0.25) is 17.6 Å². The maximum atomic E-state index is 12.8. The molecule has 10 nitrogen and oxygen atoms in total. The predicted molar refractivity (Wildman–Crippen MR) is 98.7 cm³/mol. The zero-order valence-corrected chi connectivity index (χ0v) is 15.9. The second-order valence-electron chi connectivity index (χ2n) is 7.17. The summed E-state index contributed by atoms with van der Waals surface area (Å²) in [5.74, 6) is -0.246. The third kappa shape index (κ3) is 3.88. The second kappa shape index (κ2) is 6.97. The van der Waals surface area contributed by atoms with Crippen molar-refractivity contribution in [2.24, 2.45) is 5.73 Å². The van der Waals surface area contributed by atoms with Crippen LogP contribution in [-0.4, -0.2) is 68.9 Å². The number of nitrogens with two attached hydrogens (primary N) is 1. The largest absolute Gasteiger partial charge is 0.366 e. The SMILES string of the molecule is NC(=O)c1ccc(-c2nnn(CC(=O)N(C3CC3)[C@@H]3CCS(=O)(=O)C3)n2)cc1. The standard InChI is InChI=1S/C17H20N6O4S/c18-16(25)11-1-3-12(4-2-11)17-19-21-22(20-17)9-15(24)23(13-5-6-13)14-7-8-28(26,27)10-14/h1-4,13-14H,5-10H2,(H2,18,25)/t14-/m1/s1. The number of benzene rings is 1. The molecule has 2 aliphatic rings. The normalized spacial score (nSPS) is 20.8. The van der Waals surface area contributed by atoms with Gasteiger partial charge in [-0.1, -0.05) is 12.1 Å². The first-order valence-electron chi connectivity index (χ1n) is 9.02. The number of hydrogen-bond donors (Lipinski definition) is 1. The van der Waals surface area contributed by atoms with Crippen LogP contribution in [0.2, 0.25) is 0 Å². The van der Waals surface area contributed by atoms with Crippen LogP contribution < -0.4 is 5.73 Å². The lowest BCUT2D eigenvalue weighted by atomic mass is 10.1. The Morgan fingerprint density at radius 3 is 2.43 bits per heavy atom. The quantitative estimate of drug-likeness (QED) is 0.691. The van der Waals surface area contributed by atoms with Crippen LogP contribution >= 0.6 is 0 Å². The van der Waals surface area contributed by atoms with Gasteiger partial charge in [-0.2, -0.15) is 4.80 Å². The number of carbonyl (C=O) groups is 2. The van der Waals surface area contributed by atoms with Gasteiger partial charge in [-0.05, 0) is 36.6 Å². The van der Waals surface area contributed by atoms with Crippen molar-refractivity contribution in [1.29, 1.82) is 0 Å². The number of primary amides is 1. The van der Waals surface area contributed by atoms with Gasteiger partial charge in [-0.3, -0.25) is 9.59 Å². The Balaban J connectivity index is 1.46. The molecule has 4 rings (SSSR count). The van der Waals surface area contributed by atoms with Crippen molar-refractivity contribution in [1.82, 2.24) is 25.1 Å². The second-order valence-corrected chi connectivity index (χ2v) is 9.40. The van der Waals surface area contributed by atoms with E-state index in [1.807, 2.05) is 0 Å². The van der Waals surface area contributed by atoms with Gasteiger partial charge in [-0.25, -0.2) is 8.42 Å². The molecule has 11 heteroatoms. The van der Waals surface area contributed by atoms with E-state index in [0.29, 0.717) is 23.4 Å². The number of tetrazole rings is 1. The highest BCUT2D eigenvalue weighted by atomic mass is 32.2. The minimum atomic E-state index is -3.07. The first-order valence-corrected chi connectivity index (χ1v) is 10.8. The summed E-state index contributed by atoms with van der Waals surface area (Å²) in [6, 6.07) is 6.29. The highest BCUT2D eigenvalue weighted by Gasteiger charge is 2.42. The van der Waals surface area contributed by atoms with E-state index in [2.05, 4.69) is 15.4 Å². The van der Waals surface area contributed by atoms with Crippen molar-refractivity contribution in [2.75, 3.05) is 11.5 Å². The number of sulfone groups is 1. The van der Waals surface area contributed by atoms with Gasteiger partial charge in [0.15, 0.2) is 9.84 Å². The Labute approximate surface area is 161 Å². The smallest absolute Gasteiger partial charge is 0.248 e. The van der Waals surface area contributed by atoms with E-state index >= 15 is 0 Å². The summed E-state index contributed by atoms with van der Waals surface area (Å²) in [5, 5.41) is 12.1. The number of aromatic nitrogens is 4. The zero-order chi connectivity index (χ0) is 19.9. The summed E-state index contributed by atoms with van der Waals surface area (Å²) in [7, 11) is -3.07. The fraction of sp³-hybridized carbons (Fsp3) is 0.471. The van der Waals surface area contributed by atoms with Crippen LogP contribution in [0.3, 0.4) is 0 Å². The van der Waals surface area contributed by atoms with E-state index in [1.54, 1.807) is 29.2 Å². The lowest BCUT2D eigenvalue weighted by molar-refractivity contribution is -0.134. The Bertz CT molecular complexity index is 1010. The van der Waals surface area contributed by atoms with Crippen LogP contribution in [-0.2, 0) is 21.2 Å². The van der Waals surface area contributed by atoms with Crippen molar-refractivity contribution in [2.45, 2.75) is 37.9 Å². The number of carbonyl (C=O) groups excluding carboxylic acids is 2. The Morgan fingerprint density at radius 2 is 1.86 bits per heavy atom. The van der Waals surface area contributed by atoms with Gasteiger partial charge in [0.1, 0.15) is 6.54 Å². The molecule has 0 unspecified atom stereocenters. The minimum Gasteiger partial charge on any atom is -0.366 e. The third-order valence-corrected chi connectivity index (χ3v) is 6.74. The third-order valence-electron chi connectivity index (χ3n) is 4.99. The summed E-state index contributed by atoms with van der Waals surface area (Å²) in [5.41, 5.74) is 6.24. The number of nitrogens with zero attached hydrogens (tertiary/aromatic N) is 5. The average Bonchev–Trinajstić information content (AvgIpc) is 3.25. The lowest BCUT2D eigenvalue weighted by Crippen LogP contribution is -2.44. The van der Waals surface area contributed by atoms with Gasteiger partial charge in [0.25, 0.3) is 0 Å². The molecule has 1 atom stereocenters. The highest BCUT2D eigenvalue weighted by molar-refractivity contribution is 7.91. The average molecular weight is 404 g/mol. The lowest BCUT2D eigenvalue weighted by Gasteiger charge is -2.28. The fourth-order valence-corrected chi connectivity index (χ4v) is 5.18. The molecule has 2 aromatic rings. The molecule has 0 spiro atoms. The first kappa shape index (κ1) is 18.5. The number of rotatable bonds is 6. The molecule has 0 radical (unpaired) electrons. The van der Waals surface area contributed by atoms with Crippen molar-refractivity contribution in [3.8, 4) is 11.4 Å². The molecule has 2 amide bonds. The molecule has 0 bridgehead atoms. The predicted octanol–water partition coefficient (Wildman–Crippen LogP) is -0.383. The van der Waals surface area contributed by atoms with Crippen molar-refractivity contribution in [3.05, 3.63) is 29.8 Å². The number of hydrogen-bond acceptors (Lipinski definition) is 7. The molecule has 2 fully saturated rings. The molecule has 28 heavy (non-hydrogen) atoms. The molecule has 1 saturated heterocycles. The molecule has 1 aromatic carbocycles. The summed E-state index contributed by atoms with van der Waals surface area (Å²) >= 11 is 0. The van der Waals surface area contributed by atoms with E-state index in [-0.39, 0.29) is 36.0 Å². The topological polar surface area (TPSA) is 141 Å². The van der Waals surface area contributed by atoms with Crippen LogP contribution in [0.5, 0.6) is 0 Å². The van der Waals surface area contributed by atoms with Gasteiger partial charge >= 0.3 is 0 Å². The molecular formula is C17H20N6O4S. The minimum absolute atomic E-state index is 0.0253. The molecule has 1 aliphatic carbocycles. The molecule has 1 aliphatic heterocycles. The molecule has 2 heterocycles. The number of amides is 2. The van der Waals surface area contributed by atoms with Crippen molar-refractivity contribution in [3.63, 3.8) is 0 Å². The molecule has 1 aromatic heterocycles. The van der Waals surface area contributed by atoms with Gasteiger partial charge in [-0.15, -0.1) is 10.2 Å². The monoisotopic (exact) mass is 404 g/mol. The van der Waals surface area contributed by atoms with E-state index in [4.69, 9.17) is 5.73 Å². The van der Waals surface area contributed by atoms with Crippen LogP contribution in [0.4, 0.5) is 0 Å². The van der Waals surface area contributed by atoms with Crippen LogP contribution in [0, 0.1) is 0 Å². The van der Waals surface area contributed by atoms with Crippen LogP contribution in [0.25, 0.3) is 11.4 Å². The molecule has 1 saturated carbocycles. The summed E-state index contributed by atoms with van der Waals surface area (Å²) in [4.78, 5) is 26.9. The maximum Gasteiger partial charge on any atom is 0.248 e. The zero-order valence-electron chi connectivity index (χ0n) is 15.1. The Kier molecular flexibility index (Phi) is 4.61. The van der Waals surface area contributed by atoms with Gasteiger partial charge in [0.05, 0.1) is 11.5 Å². The van der Waals surface area contributed by atoms with Crippen LogP contribution in [0.1, 0.15) is 29.6 Å². The fourth-order valence-electron chi connectivity index (χ4n) is 3.46. The summed E-state index contributed by atoms with van der Waals surface area (Å²) < 4.78 is 23.6. The highest BCUT2D eigenvalue weighted by Crippen LogP contribution is 2.32. The first-order chi connectivity index (χ1) is 13.3. The van der Waals surface area contributed by atoms with Crippen molar-refractivity contribution < 1.29 is 18.0 Å². The van der Waals surface area contributed by atoms with E-state index in [9.17, 15) is 18.0 Å². The van der Waals surface area contributed by atoms with E-state index < -0.39 is 15.7 Å². The van der Waals surface area contributed by atoms with Crippen molar-refractivity contribution >= 4 is 21.7 Å². The van der Waals surface area contributed by atoms with Gasteiger partial charge < -0.3 is 10.6 Å².